The molecule has 0 aromatic heterocycles. The van der Waals surface area contributed by atoms with Crippen LogP contribution in [0.25, 0.3) is 0 Å². The SMILES string of the molecule is COC1=C(O)C=C([C@H]2Oc3ccccc3[C@@H]2C)CC1. The van der Waals surface area contributed by atoms with Gasteiger partial charge in [-0.05, 0) is 24.1 Å². The molecule has 1 heterocycles. The summed E-state index contributed by atoms with van der Waals surface area (Å²) in [5, 5.41) is 9.93. The quantitative estimate of drug-likeness (QED) is 0.879. The molecule has 3 heteroatoms. The predicted octanol–water partition coefficient (Wildman–Crippen LogP) is 3.69. The number of para-hydroxylation sites is 1. The molecule has 0 radical (unpaired) electrons. The second kappa shape index (κ2) is 4.65. The molecule has 0 saturated heterocycles. The number of ether oxygens (including phenoxy) is 2. The van der Waals surface area contributed by atoms with Crippen molar-refractivity contribution in [3.8, 4) is 5.75 Å². The number of methoxy groups -OCH3 is 1. The molecule has 0 bridgehead atoms. The predicted molar refractivity (Wildman–Crippen MR) is 73.3 cm³/mol. The van der Waals surface area contributed by atoms with Crippen molar-refractivity contribution in [2.45, 2.75) is 31.8 Å². The fourth-order valence-corrected chi connectivity index (χ4v) is 2.91. The molecule has 0 saturated carbocycles. The molecule has 0 spiro atoms. The zero-order valence-electron chi connectivity index (χ0n) is 11.2. The lowest BCUT2D eigenvalue weighted by molar-refractivity contribution is 0.221. The molecule has 0 fully saturated rings. The maximum atomic E-state index is 9.93. The van der Waals surface area contributed by atoms with E-state index in [4.69, 9.17) is 9.47 Å². The lowest BCUT2D eigenvalue weighted by atomic mass is 9.88. The number of hydrogen-bond donors (Lipinski definition) is 1. The van der Waals surface area contributed by atoms with Gasteiger partial charge in [0.05, 0.1) is 7.11 Å². The van der Waals surface area contributed by atoms with E-state index in [1.54, 1.807) is 13.2 Å². The molecule has 1 aliphatic heterocycles. The number of fused-ring (bicyclic) bond motifs is 1. The van der Waals surface area contributed by atoms with Gasteiger partial charge in [-0.25, -0.2) is 0 Å². The standard InChI is InChI=1S/C16H18O3/c1-10-12-5-3-4-6-14(12)19-16(10)11-7-8-15(18-2)13(17)9-11/h3-6,9-10,16-17H,7-8H2,1-2H3/t10-,16-/m0/s1. The van der Waals surface area contributed by atoms with E-state index in [1.165, 1.54) is 5.56 Å². The third kappa shape index (κ3) is 1.99. The smallest absolute Gasteiger partial charge is 0.153 e. The van der Waals surface area contributed by atoms with E-state index < -0.39 is 0 Å². The Balaban J connectivity index is 1.89. The summed E-state index contributed by atoms with van der Waals surface area (Å²) in [5.74, 6) is 2.17. The van der Waals surface area contributed by atoms with Crippen LogP contribution in [0.15, 0.2) is 47.4 Å². The molecule has 19 heavy (non-hydrogen) atoms. The second-order valence-electron chi connectivity index (χ2n) is 5.10. The fourth-order valence-electron chi connectivity index (χ4n) is 2.91. The van der Waals surface area contributed by atoms with Gasteiger partial charge in [0.15, 0.2) is 5.76 Å². The molecule has 2 aliphatic rings. The van der Waals surface area contributed by atoms with Crippen molar-refractivity contribution in [3.05, 3.63) is 53.0 Å². The molecule has 0 unspecified atom stereocenters. The zero-order chi connectivity index (χ0) is 13.4. The van der Waals surface area contributed by atoms with Crippen LogP contribution < -0.4 is 4.74 Å². The number of allylic oxidation sites excluding steroid dienone is 2. The molecule has 3 rings (SSSR count). The number of aliphatic hydroxyl groups excluding tert-OH is 1. The first-order valence-electron chi connectivity index (χ1n) is 6.63. The molecule has 1 aromatic rings. The lowest BCUT2D eigenvalue weighted by Crippen LogP contribution is -2.21. The highest BCUT2D eigenvalue weighted by molar-refractivity contribution is 5.44. The van der Waals surface area contributed by atoms with Crippen LogP contribution in [0.2, 0.25) is 0 Å². The highest BCUT2D eigenvalue weighted by Gasteiger charge is 2.34. The summed E-state index contributed by atoms with van der Waals surface area (Å²) in [6, 6.07) is 8.14. The van der Waals surface area contributed by atoms with E-state index in [9.17, 15) is 5.11 Å². The van der Waals surface area contributed by atoms with E-state index in [2.05, 4.69) is 13.0 Å². The van der Waals surface area contributed by atoms with Crippen molar-refractivity contribution in [3.63, 3.8) is 0 Å². The van der Waals surface area contributed by atoms with Crippen molar-refractivity contribution in [1.29, 1.82) is 0 Å². The Morgan fingerprint density at radius 1 is 1.26 bits per heavy atom. The van der Waals surface area contributed by atoms with Crippen molar-refractivity contribution in [2.24, 2.45) is 0 Å². The average Bonchev–Trinajstić information content (AvgIpc) is 2.77. The molecule has 3 nitrogen and oxygen atoms in total. The first-order chi connectivity index (χ1) is 9.20. The molecule has 0 amide bonds. The molecule has 100 valence electrons. The molecule has 1 aliphatic carbocycles. The van der Waals surface area contributed by atoms with Crippen molar-refractivity contribution >= 4 is 0 Å². The van der Waals surface area contributed by atoms with Gasteiger partial charge in [-0.1, -0.05) is 25.1 Å². The molecule has 1 aromatic carbocycles. The van der Waals surface area contributed by atoms with Crippen molar-refractivity contribution in [1.82, 2.24) is 0 Å². The van der Waals surface area contributed by atoms with E-state index >= 15 is 0 Å². The normalized spacial score (nSPS) is 25.7. The van der Waals surface area contributed by atoms with Crippen LogP contribution >= 0.6 is 0 Å². The van der Waals surface area contributed by atoms with Crippen molar-refractivity contribution < 1.29 is 14.6 Å². The summed E-state index contributed by atoms with van der Waals surface area (Å²) < 4.78 is 11.2. The minimum Gasteiger partial charge on any atom is -0.504 e. The summed E-state index contributed by atoms with van der Waals surface area (Å²) in [5.41, 5.74) is 2.39. The molecule has 1 N–H and O–H groups in total. The number of hydrogen-bond acceptors (Lipinski definition) is 3. The number of benzene rings is 1. The fraction of sp³-hybridized carbons (Fsp3) is 0.375. The van der Waals surface area contributed by atoms with Crippen LogP contribution in [0.4, 0.5) is 0 Å². The van der Waals surface area contributed by atoms with Crippen molar-refractivity contribution in [2.75, 3.05) is 7.11 Å². The van der Waals surface area contributed by atoms with Gasteiger partial charge < -0.3 is 14.6 Å². The molecular formula is C16H18O3. The Morgan fingerprint density at radius 3 is 2.74 bits per heavy atom. The van der Waals surface area contributed by atoms with Gasteiger partial charge in [0.1, 0.15) is 17.6 Å². The van der Waals surface area contributed by atoms with Gasteiger partial charge >= 0.3 is 0 Å². The third-order valence-corrected chi connectivity index (χ3v) is 3.98. The maximum absolute atomic E-state index is 9.93. The zero-order valence-corrected chi connectivity index (χ0v) is 11.2. The van der Waals surface area contributed by atoms with Gasteiger partial charge in [-0.2, -0.15) is 0 Å². The molecular weight excluding hydrogens is 240 g/mol. The Labute approximate surface area is 113 Å². The highest BCUT2D eigenvalue weighted by Crippen LogP contribution is 2.42. The van der Waals surface area contributed by atoms with Gasteiger partial charge in [0.25, 0.3) is 0 Å². The monoisotopic (exact) mass is 258 g/mol. The minimum atomic E-state index is 0.0259. The van der Waals surface area contributed by atoms with E-state index in [0.29, 0.717) is 11.7 Å². The van der Waals surface area contributed by atoms with E-state index in [1.807, 2.05) is 18.2 Å². The Hall–Kier alpha value is -1.90. The highest BCUT2D eigenvalue weighted by atomic mass is 16.5. The van der Waals surface area contributed by atoms with Crippen LogP contribution in [-0.4, -0.2) is 18.3 Å². The Morgan fingerprint density at radius 2 is 2.05 bits per heavy atom. The van der Waals surface area contributed by atoms with Gasteiger partial charge in [0.2, 0.25) is 0 Å². The van der Waals surface area contributed by atoms with Gasteiger partial charge in [-0.3, -0.25) is 0 Å². The third-order valence-electron chi connectivity index (χ3n) is 3.98. The lowest BCUT2D eigenvalue weighted by Gasteiger charge is -2.23. The van der Waals surface area contributed by atoms with Crippen LogP contribution in [0.3, 0.4) is 0 Å². The van der Waals surface area contributed by atoms with Crippen LogP contribution in [0, 0.1) is 0 Å². The summed E-state index contributed by atoms with van der Waals surface area (Å²) in [4.78, 5) is 0. The van der Waals surface area contributed by atoms with Gasteiger partial charge in [0, 0.05) is 17.9 Å². The van der Waals surface area contributed by atoms with Crippen LogP contribution in [0.1, 0.15) is 31.2 Å². The van der Waals surface area contributed by atoms with Crippen LogP contribution in [0.5, 0.6) is 5.75 Å². The number of rotatable bonds is 2. The van der Waals surface area contributed by atoms with Gasteiger partial charge in [-0.15, -0.1) is 0 Å². The Bertz CT molecular complexity index is 557. The summed E-state index contributed by atoms with van der Waals surface area (Å²) >= 11 is 0. The summed E-state index contributed by atoms with van der Waals surface area (Å²) in [7, 11) is 1.59. The maximum Gasteiger partial charge on any atom is 0.153 e. The first-order valence-corrected chi connectivity index (χ1v) is 6.63. The second-order valence-corrected chi connectivity index (χ2v) is 5.10. The van der Waals surface area contributed by atoms with E-state index in [-0.39, 0.29) is 11.9 Å². The first kappa shape index (κ1) is 12.2. The largest absolute Gasteiger partial charge is 0.504 e. The molecule has 2 atom stereocenters. The summed E-state index contributed by atoms with van der Waals surface area (Å²) in [6.07, 6.45) is 3.43. The summed E-state index contributed by atoms with van der Waals surface area (Å²) in [6.45, 7) is 2.17. The Kier molecular flexibility index (Phi) is 2.97. The number of aliphatic hydroxyl groups is 1. The average molecular weight is 258 g/mol. The van der Waals surface area contributed by atoms with Crippen LogP contribution in [-0.2, 0) is 4.74 Å². The van der Waals surface area contributed by atoms with E-state index in [0.717, 1.165) is 24.2 Å². The topological polar surface area (TPSA) is 38.7 Å². The minimum absolute atomic E-state index is 0.0259.